The highest BCUT2D eigenvalue weighted by Gasteiger charge is 2.35. The van der Waals surface area contributed by atoms with Gasteiger partial charge in [-0.25, -0.2) is 0 Å². The van der Waals surface area contributed by atoms with E-state index < -0.39 is 0 Å². The molecular weight excluding hydrogens is 244 g/mol. The van der Waals surface area contributed by atoms with E-state index in [0.717, 1.165) is 24.5 Å². The molecule has 0 aromatic heterocycles. The predicted octanol–water partition coefficient (Wildman–Crippen LogP) is 4.06. The molecule has 2 fully saturated rings. The normalized spacial score (nSPS) is 31.6. The van der Waals surface area contributed by atoms with Gasteiger partial charge in [-0.1, -0.05) is 40.0 Å². The zero-order valence-electron chi connectivity index (χ0n) is 14.3. The van der Waals surface area contributed by atoms with Crippen molar-refractivity contribution in [2.75, 3.05) is 20.1 Å². The molecule has 2 nitrogen and oxygen atoms in total. The maximum Gasteiger partial charge on any atom is 0.0108 e. The minimum absolute atomic E-state index is 0.546. The lowest BCUT2D eigenvalue weighted by atomic mass is 9.69. The molecule has 2 aliphatic carbocycles. The van der Waals surface area contributed by atoms with Crippen molar-refractivity contribution in [3.05, 3.63) is 0 Å². The molecule has 2 heteroatoms. The summed E-state index contributed by atoms with van der Waals surface area (Å²) in [5, 5.41) is 3.75. The zero-order chi connectivity index (χ0) is 14.6. The second-order valence-corrected chi connectivity index (χ2v) is 8.06. The highest BCUT2D eigenvalue weighted by atomic mass is 15.1. The fourth-order valence-corrected chi connectivity index (χ4v) is 4.50. The van der Waals surface area contributed by atoms with Crippen LogP contribution < -0.4 is 5.32 Å². The first kappa shape index (κ1) is 16.3. The fraction of sp³-hybridized carbons (Fsp3) is 1.00. The van der Waals surface area contributed by atoms with Gasteiger partial charge in [-0.15, -0.1) is 0 Å². The highest BCUT2D eigenvalue weighted by Crippen LogP contribution is 2.39. The van der Waals surface area contributed by atoms with E-state index in [2.05, 4.69) is 38.0 Å². The van der Waals surface area contributed by atoms with Crippen LogP contribution in [-0.4, -0.2) is 37.1 Å². The van der Waals surface area contributed by atoms with Gasteiger partial charge in [-0.05, 0) is 57.0 Å². The maximum absolute atomic E-state index is 3.75. The summed E-state index contributed by atoms with van der Waals surface area (Å²) in [6.45, 7) is 9.59. The molecule has 1 N–H and O–H groups in total. The van der Waals surface area contributed by atoms with Gasteiger partial charge >= 0.3 is 0 Å². The Morgan fingerprint density at radius 3 is 2.45 bits per heavy atom. The second-order valence-electron chi connectivity index (χ2n) is 8.06. The van der Waals surface area contributed by atoms with Gasteiger partial charge in [-0.2, -0.15) is 0 Å². The maximum atomic E-state index is 3.75. The molecule has 2 rings (SSSR count). The lowest BCUT2D eigenvalue weighted by molar-refractivity contribution is 0.0853. The molecule has 118 valence electrons. The summed E-state index contributed by atoms with van der Waals surface area (Å²) in [4.78, 5) is 2.69. The molecule has 0 aromatic rings. The minimum Gasteiger partial charge on any atom is -0.314 e. The number of rotatable bonds is 5. The van der Waals surface area contributed by atoms with Gasteiger partial charge in [0.25, 0.3) is 0 Å². The van der Waals surface area contributed by atoms with E-state index in [-0.39, 0.29) is 0 Å². The van der Waals surface area contributed by atoms with Gasteiger partial charge in [0.1, 0.15) is 0 Å². The molecule has 0 radical (unpaired) electrons. The molecule has 0 aromatic carbocycles. The molecule has 2 aliphatic rings. The van der Waals surface area contributed by atoms with E-state index in [9.17, 15) is 0 Å². The molecule has 0 bridgehead atoms. The molecule has 2 atom stereocenters. The highest BCUT2D eigenvalue weighted by molar-refractivity contribution is 4.90. The van der Waals surface area contributed by atoms with Gasteiger partial charge in [0.05, 0.1) is 0 Å². The van der Waals surface area contributed by atoms with Crippen LogP contribution in [0.5, 0.6) is 0 Å². The molecule has 2 saturated carbocycles. The van der Waals surface area contributed by atoms with Gasteiger partial charge in [0, 0.05) is 18.6 Å². The van der Waals surface area contributed by atoms with Crippen LogP contribution in [0.4, 0.5) is 0 Å². The molecule has 0 aliphatic heterocycles. The summed E-state index contributed by atoms with van der Waals surface area (Å²) >= 11 is 0. The van der Waals surface area contributed by atoms with Crippen molar-refractivity contribution in [2.45, 2.75) is 84.2 Å². The number of nitrogens with zero attached hydrogens (tertiary/aromatic N) is 1. The van der Waals surface area contributed by atoms with E-state index in [0.29, 0.717) is 5.41 Å². The fourth-order valence-electron chi connectivity index (χ4n) is 4.50. The Balaban J connectivity index is 1.91. The van der Waals surface area contributed by atoms with Gasteiger partial charge in [0.15, 0.2) is 0 Å². The van der Waals surface area contributed by atoms with Crippen molar-refractivity contribution in [3.63, 3.8) is 0 Å². The second kappa shape index (κ2) is 7.26. The van der Waals surface area contributed by atoms with E-state index in [1.807, 2.05) is 0 Å². The largest absolute Gasteiger partial charge is 0.314 e. The Morgan fingerprint density at radius 2 is 1.80 bits per heavy atom. The Morgan fingerprint density at radius 1 is 1.10 bits per heavy atom. The first-order chi connectivity index (χ1) is 9.52. The van der Waals surface area contributed by atoms with Gasteiger partial charge in [-0.3, -0.25) is 0 Å². The predicted molar refractivity (Wildman–Crippen MR) is 88.1 cm³/mol. The first-order valence-electron chi connectivity index (χ1n) is 8.95. The van der Waals surface area contributed by atoms with E-state index in [1.165, 1.54) is 57.9 Å². The summed E-state index contributed by atoms with van der Waals surface area (Å²) < 4.78 is 0. The van der Waals surface area contributed by atoms with E-state index in [4.69, 9.17) is 0 Å². The van der Waals surface area contributed by atoms with Gasteiger partial charge in [0.2, 0.25) is 0 Å². The van der Waals surface area contributed by atoms with Crippen molar-refractivity contribution in [1.82, 2.24) is 10.2 Å². The number of hydrogen-bond acceptors (Lipinski definition) is 2. The van der Waals surface area contributed by atoms with Crippen molar-refractivity contribution < 1.29 is 0 Å². The lowest BCUT2D eigenvalue weighted by Crippen LogP contribution is -2.48. The van der Waals surface area contributed by atoms with Crippen LogP contribution in [0.25, 0.3) is 0 Å². The SMILES string of the molecule is CCNC1CCC(C)(C)CC1CN(C)C1CCCCC1. The molecule has 0 saturated heterocycles. The average Bonchev–Trinajstić information content (AvgIpc) is 2.42. The summed E-state index contributed by atoms with van der Waals surface area (Å²) in [7, 11) is 2.38. The Hall–Kier alpha value is -0.0800. The molecule has 2 unspecified atom stereocenters. The zero-order valence-corrected chi connectivity index (χ0v) is 14.3. The first-order valence-corrected chi connectivity index (χ1v) is 8.95. The van der Waals surface area contributed by atoms with E-state index in [1.54, 1.807) is 0 Å². The molecule has 0 spiro atoms. The molecule has 0 heterocycles. The Labute approximate surface area is 126 Å². The molecule has 20 heavy (non-hydrogen) atoms. The summed E-state index contributed by atoms with van der Waals surface area (Å²) in [5.41, 5.74) is 0.546. The molecular formula is C18H36N2. The third-order valence-electron chi connectivity index (χ3n) is 5.70. The van der Waals surface area contributed by atoms with Gasteiger partial charge < -0.3 is 10.2 Å². The van der Waals surface area contributed by atoms with Crippen molar-refractivity contribution in [3.8, 4) is 0 Å². The van der Waals surface area contributed by atoms with Crippen LogP contribution >= 0.6 is 0 Å². The number of hydrogen-bond donors (Lipinski definition) is 1. The summed E-state index contributed by atoms with van der Waals surface area (Å²) in [5.74, 6) is 0.839. The third-order valence-corrected chi connectivity index (χ3v) is 5.70. The minimum atomic E-state index is 0.546. The average molecular weight is 280 g/mol. The van der Waals surface area contributed by atoms with Crippen LogP contribution in [0.3, 0.4) is 0 Å². The lowest BCUT2D eigenvalue weighted by Gasteiger charge is -2.44. The summed E-state index contributed by atoms with van der Waals surface area (Å²) in [6.07, 6.45) is 11.3. The van der Waals surface area contributed by atoms with Crippen LogP contribution in [0, 0.1) is 11.3 Å². The molecule has 0 amide bonds. The van der Waals surface area contributed by atoms with Crippen molar-refractivity contribution in [1.29, 1.82) is 0 Å². The van der Waals surface area contributed by atoms with Crippen molar-refractivity contribution in [2.24, 2.45) is 11.3 Å². The Bertz CT molecular complexity index is 281. The third kappa shape index (κ3) is 4.46. The van der Waals surface area contributed by atoms with Crippen LogP contribution in [0.1, 0.15) is 72.1 Å². The summed E-state index contributed by atoms with van der Waals surface area (Å²) in [6, 6.07) is 1.61. The van der Waals surface area contributed by atoms with E-state index >= 15 is 0 Å². The van der Waals surface area contributed by atoms with Crippen LogP contribution in [0.15, 0.2) is 0 Å². The number of nitrogens with one attached hydrogen (secondary N) is 1. The quantitative estimate of drug-likeness (QED) is 0.817. The monoisotopic (exact) mass is 280 g/mol. The van der Waals surface area contributed by atoms with Crippen molar-refractivity contribution >= 4 is 0 Å². The van der Waals surface area contributed by atoms with Crippen LogP contribution in [0.2, 0.25) is 0 Å². The topological polar surface area (TPSA) is 15.3 Å². The Kier molecular flexibility index (Phi) is 5.92. The smallest absolute Gasteiger partial charge is 0.0108 e. The standard InChI is InChI=1S/C18H36N2/c1-5-19-17-11-12-18(2,3)13-15(17)14-20(4)16-9-7-6-8-10-16/h15-17,19H,5-14H2,1-4H3. The van der Waals surface area contributed by atoms with Crippen LogP contribution in [-0.2, 0) is 0 Å².